The van der Waals surface area contributed by atoms with Crippen LogP contribution in [0.5, 0.6) is 11.5 Å². The SMILES string of the molecule is CCOc1cc(/C=C2/C(=N)N3N=C(S(C)(=O)=O)SC3=NC2=O)ccc1OC(=O)c1ccc(Cl)cc1. The van der Waals surface area contributed by atoms with Crippen molar-refractivity contribution in [2.24, 2.45) is 10.1 Å². The first-order valence-corrected chi connectivity index (χ1v) is 13.1. The summed E-state index contributed by atoms with van der Waals surface area (Å²) in [5.41, 5.74) is 0.669. The summed E-state index contributed by atoms with van der Waals surface area (Å²) >= 11 is 6.56. The van der Waals surface area contributed by atoms with Crippen LogP contribution in [0.4, 0.5) is 0 Å². The van der Waals surface area contributed by atoms with Gasteiger partial charge in [0.05, 0.1) is 17.7 Å². The molecule has 0 bridgehead atoms. The van der Waals surface area contributed by atoms with Crippen LogP contribution in [-0.4, -0.2) is 53.5 Å². The summed E-state index contributed by atoms with van der Waals surface area (Å²) in [6, 6.07) is 10.8. The number of carbonyl (C=O) groups is 2. The van der Waals surface area contributed by atoms with Crippen LogP contribution in [0.15, 0.2) is 58.1 Å². The van der Waals surface area contributed by atoms with Gasteiger partial charge >= 0.3 is 5.97 Å². The van der Waals surface area contributed by atoms with Crippen molar-refractivity contribution in [2.75, 3.05) is 12.9 Å². The van der Waals surface area contributed by atoms with E-state index in [4.69, 9.17) is 26.5 Å². The third-order valence-corrected chi connectivity index (χ3v) is 7.44. The number of rotatable bonds is 5. The van der Waals surface area contributed by atoms with Gasteiger partial charge in [0, 0.05) is 11.3 Å². The van der Waals surface area contributed by atoms with E-state index in [1.165, 1.54) is 24.3 Å². The van der Waals surface area contributed by atoms with Gasteiger partial charge in [-0.3, -0.25) is 10.2 Å². The monoisotopic (exact) mass is 532 g/mol. The highest BCUT2D eigenvalue weighted by Crippen LogP contribution is 2.33. The summed E-state index contributed by atoms with van der Waals surface area (Å²) in [6.07, 6.45) is 2.38. The fourth-order valence-corrected chi connectivity index (χ4v) is 4.81. The molecule has 180 valence electrons. The first-order chi connectivity index (χ1) is 16.6. The van der Waals surface area contributed by atoms with Gasteiger partial charge < -0.3 is 9.47 Å². The van der Waals surface area contributed by atoms with E-state index in [1.54, 1.807) is 31.2 Å². The van der Waals surface area contributed by atoms with Gasteiger partial charge in [0.2, 0.25) is 19.4 Å². The van der Waals surface area contributed by atoms with Gasteiger partial charge in [-0.25, -0.2) is 13.2 Å². The van der Waals surface area contributed by atoms with Crippen molar-refractivity contribution in [3.05, 3.63) is 64.2 Å². The predicted molar refractivity (Wildman–Crippen MR) is 134 cm³/mol. The molecular weight excluding hydrogens is 516 g/mol. The van der Waals surface area contributed by atoms with Gasteiger partial charge in [-0.15, -0.1) is 5.10 Å². The number of amides is 1. The fourth-order valence-electron chi connectivity index (χ4n) is 3.00. The molecule has 10 nitrogen and oxygen atoms in total. The molecule has 2 aromatic rings. The van der Waals surface area contributed by atoms with Gasteiger partial charge in [-0.2, -0.15) is 10.0 Å². The minimum absolute atomic E-state index is 0.00274. The smallest absolute Gasteiger partial charge is 0.343 e. The second-order valence-corrected chi connectivity index (χ2v) is 10.8. The molecule has 1 amide bonds. The molecule has 2 aliphatic heterocycles. The number of esters is 1. The van der Waals surface area contributed by atoms with Crippen LogP contribution < -0.4 is 9.47 Å². The number of ether oxygens (including phenoxy) is 2. The van der Waals surface area contributed by atoms with E-state index >= 15 is 0 Å². The maximum atomic E-state index is 12.6. The van der Waals surface area contributed by atoms with E-state index in [9.17, 15) is 18.0 Å². The van der Waals surface area contributed by atoms with E-state index in [1.807, 2.05) is 0 Å². The molecule has 0 saturated carbocycles. The normalized spacial score (nSPS) is 16.7. The molecular formula is C22H17ClN4O6S2. The van der Waals surface area contributed by atoms with E-state index in [0.717, 1.165) is 11.3 Å². The fraction of sp³-hybridized carbons (Fsp3) is 0.136. The zero-order chi connectivity index (χ0) is 25.3. The van der Waals surface area contributed by atoms with Gasteiger partial charge in [0.25, 0.3) is 5.91 Å². The second kappa shape index (κ2) is 9.64. The zero-order valence-electron chi connectivity index (χ0n) is 18.3. The highest BCUT2D eigenvalue weighted by molar-refractivity contribution is 8.42. The Morgan fingerprint density at radius 1 is 1.20 bits per heavy atom. The lowest BCUT2D eigenvalue weighted by Crippen LogP contribution is -2.35. The summed E-state index contributed by atoms with van der Waals surface area (Å²) in [5, 5.41) is 13.7. The van der Waals surface area contributed by atoms with E-state index in [2.05, 4.69) is 10.1 Å². The molecule has 0 spiro atoms. The highest BCUT2D eigenvalue weighted by Gasteiger charge is 2.38. The molecule has 0 radical (unpaired) electrons. The van der Waals surface area contributed by atoms with Crippen molar-refractivity contribution in [2.45, 2.75) is 6.92 Å². The number of nitrogens with one attached hydrogen (secondary N) is 1. The van der Waals surface area contributed by atoms with Crippen LogP contribution in [0.25, 0.3) is 6.08 Å². The third-order valence-electron chi connectivity index (χ3n) is 4.61. The quantitative estimate of drug-likeness (QED) is 0.350. The lowest BCUT2D eigenvalue weighted by Gasteiger charge is -2.20. The molecule has 1 N–H and O–H groups in total. The standard InChI is InChI=1S/C22H17ClN4O6S2/c1-3-32-17-11-12(4-9-16(17)33-20(29)13-5-7-14(23)8-6-13)10-15-18(24)27-21(25-19(15)28)34-22(26-27)35(2,30)31/h4-11,24H,3H2,1-2H3/b15-10-,24-18?. The Balaban J connectivity index is 1.62. The Hall–Kier alpha value is -3.48. The largest absolute Gasteiger partial charge is 0.490 e. The van der Waals surface area contributed by atoms with Crippen molar-refractivity contribution in [1.82, 2.24) is 5.01 Å². The molecule has 2 aliphatic rings. The zero-order valence-corrected chi connectivity index (χ0v) is 20.7. The minimum atomic E-state index is -3.63. The number of amidine groups is 2. The van der Waals surface area contributed by atoms with Crippen molar-refractivity contribution >= 4 is 66.5 Å². The van der Waals surface area contributed by atoms with E-state index in [0.29, 0.717) is 27.9 Å². The summed E-state index contributed by atoms with van der Waals surface area (Å²) in [4.78, 5) is 28.9. The molecule has 0 aromatic heterocycles. The topological polar surface area (TPSA) is 139 Å². The van der Waals surface area contributed by atoms with Gasteiger partial charge in [0.15, 0.2) is 17.3 Å². The molecule has 4 rings (SSSR count). The minimum Gasteiger partial charge on any atom is -0.490 e. The predicted octanol–water partition coefficient (Wildman–Crippen LogP) is 3.58. The Morgan fingerprint density at radius 3 is 2.57 bits per heavy atom. The summed E-state index contributed by atoms with van der Waals surface area (Å²) < 4.78 is 34.4. The second-order valence-electron chi connectivity index (χ2n) is 7.19. The van der Waals surface area contributed by atoms with Crippen LogP contribution in [0, 0.1) is 5.41 Å². The van der Waals surface area contributed by atoms with Crippen LogP contribution in [-0.2, 0) is 14.6 Å². The molecule has 35 heavy (non-hydrogen) atoms. The number of nitrogens with zero attached hydrogens (tertiary/aromatic N) is 3. The summed E-state index contributed by atoms with van der Waals surface area (Å²) in [7, 11) is -3.63. The molecule has 0 saturated heterocycles. The third kappa shape index (κ3) is 5.29. The van der Waals surface area contributed by atoms with Gasteiger partial charge in [-0.05, 0) is 66.7 Å². The lowest BCUT2D eigenvalue weighted by molar-refractivity contribution is -0.114. The number of hydrogen-bond acceptors (Lipinski definition) is 9. The van der Waals surface area contributed by atoms with Crippen molar-refractivity contribution in [3.8, 4) is 11.5 Å². The van der Waals surface area contributed by atoms with Crippen molar-refractivity contribution in [1.29, 1.82) is 5.41 Å². The number of thioether (sulfide) groups is 1. The Morgan fingerprint density at radius 2 is 1.91 bits per heavy atom. The Kier molecular flexibility index (Phi) is 6.79. The molecule has 2 aromatic carbocycles. The van der Waals surface area contributed by atoms with Crippen LogP contribution in [0.2, 0.25) is 5.02 Å². The summed E-state index contributed by atoms with van der Waals surface area (Å²) in [5.74, 6) is -1.22. The number of hydrazone groups is 1. The van der Waals surface area contributed by atoms with Gasteiger partial charge in [0.1, 0.15) is 0 Å². The number of carbonyl (C=O) groups excluding carboxylic acids is 2. The lowest BCUT2D eigenvalue weighted by atomic mass is 10.1. The highest BCUT2D eigenvalue weighted by atomic mass is 35.5. The number of fused-ring (bicyclic) bond motifs is 1. The molecule has 0 fully saturated rings. The maximum absolute atomic E-state index is 12.6. The first-order valence-electron chi connectivity index (χ1n) is 10.0. The van der Waals surface area contributed by atoms with E-state index in [-0.39, 0.29) is 39.1 Å². The molecule has 0 aliphatic carbocycles. The number of benzene rings is 2. The molecule has 2 heterocycles. The number of hydrogen-bond donors (Lipinski definition) is 1. The van der Waals surface area contributed by atoms with Crippen LogP contribution in [0.3, 0.4) is 0 Å². The average molecular weight is 533 g/mol. The van der Waals surface area contributed by atoms with Crippen LogP contribution in [0.1, 0.15) is 22.8 Å². The number of aliphatic imine (C=N–C) groups is 1. The molecule has 0 unspecified atom stereocenters. The molecule has 0 atom stereocenters. The Bertz CT molecular complexity index is 1450. The number of halogens is 1. The van der Waals surface area contributed by atoms with Crippen molar-refractivity contribution < 1.29 is 27.5 Å². The van der Waals surface area contributed by atoms with Crippen LogP contribution >= 0.6 is 23.4 Å². The summed E-state index contributed by atoms with van der Waals surface area (Å²) in [6.45, 7) is 2.04. The maximum Gasteiger partial charge on any atom is 0.343 e. The van der Waals surface area contributed by atoms with Gasteiger partial charge in [-0.1, -0.05) is 17.7 Å². The molecule has 13 heteroatoms. The average Bonchev–Trinajstić information content (AvgIpc) is 3.23. The Labute approximate surface area is 209 Å². The van der Waals surface area contributed by atoms with Crippen molar-refractivity contribution in [3.63, 3.8) is 0 Å². The van der Waals surface area contributed by atoms with E-state index < -0.39 is 21.7 Å². The first kappa shape index (κ1) is 24.6. The number of sulfone groups is 1.